The number of hydrogen-bond donors (Lipinski definition) is 2. The summed E-state index contributed by atoms with van der Waals surface area (Å²) >= 11 is 6.23. The van der Waals surface area contributed by atoms with Gasteiger partial charge in [-0.15, -0.1) is 0 Å². The van der Waals surface area contributed by atoms with Crippen LogP contribution in [0.5, 0.6) is 0 Å². The van der Waals surface area contributed by atoms with Gasteiger partial charge in [-0.05, 0) is 30.5 Å². The Hall–Kier alpha value is -2.12. The molecule has 0 amide bonds. The number of nitrogens with one attached hydrogen (secondary N) is 2. The van der Waals surface area contributed by atoms with E-state index >= 15 is 0 Å². The first kappa shape index (κ1) is 18.7. The number of halogens is 1. The minimum absolute atomic E-state index is 0.0223. The molecule has 2 N–H and O–H groups in total. The molecule has 1 fully saturated rings. The molecular formula is C18H25ClN6O. The summed E-state index contributed by atoms with van der Waals surface area (Å²) in [5.41, 5.74) is 1.22. The van der Waals surface area contributed by atoms with Crippen LogP contribution in [-0.4, -0.2) is 47.5 Å². The van der Waals surface area contributed by atoms with E-state index in [0.29, 0.717) is 6.54 Å². The molecule has 0 saturated carbocycles. The number of benzene rings is 1. The lowest BCUT2D eigenvalue weighted by molar-refractivity contribution is 0.0514. The molecule has 1 aliphatic rings. The van der Waals surface area contributed by atoms with Crippen molar-refractivity contribution >= 4 is 17.6 Å². The Morgan fingerprint density at radius 1 is 1.35 bits per heavy atom. The van der Waals surface area contributed by atoms with Gasteiger partial charge in [-0.3, -0.25) is 9.67 Å². The molecule has 0 radical (unpaired) electrons. The van der Waals surface area contributed by atoms with E-state index in [2.05, 4.69) is 37.8 Å². The largest absolute Gasteiger partial charge is 0.381 e. The Morgan fingerprint density at radius 3 is 2.81 bits per heavy atom. The third-order valence-electron chi connectivity index (χ3n) is 4.92. The minimum Gasteiger partial charge on any atom is -0.381 e. The maximum absolute atomic E-state index is 6.23. The number of aliphatic imine (C=N–C) groups is 1. The first-order valence-electron chi connectivity index (χ1n) is 8.74. The van der Waals surface area contributed by atoms with E-state index in [-0.39, 0.29) is 5.41 Å². The van der Waals surface area contributed by atoms with Gasteiger partial charge in [0.1, 0.15) is 12.2 Å². The molecule has 2 aromatic rings. The predicted octanol–water partition coefficient (Wildman–Crippen LogP) is 1.88. The first-order chi connectivity index (χ1) is 12.6. The number of hydrogen-bond acceptors (Lipinski definition) is 4. The molecule has 0 atom stereocenters. The molecule has 26 heavy (non-hydrogen) atoms. The number of guanidine groups is 1. The van der Waals surface area contributed by atoms with Crippen LogP contribution in [0.25, 0.3) is 0 Å². The zero-order valence-corrected chi connectivity index (χ0v) is 16.0. The Bertz CT molecular complexity index is 754. The summed E-state index contributed by atoms with van der Waals surface area (Å²) in [4.78, 5) is 8.54. The van der Waals surface area contributed by atoms with Crippen LogP contribution >= 0.6 is 11.6 Å². The van der Waals surface area contributed by atoms with Crippen molar-refractivity contribution in [3.63, 3.8) is 0 Å². The molecule has 2 heterocycles. The third-order valence-corrected chi connectivity index (χ3v) is 5.16. The molecule has 1 saturated heterocycles. The fourth-order valence-corrected chi connectivity index (χ4v) is 3.45. The maximum atomic E-state index is 6.23. The summed E-state index contributed by atoms with van der Waals surface area (Å²) in [6.45, 7) is 2.82. The summed E-state index contributed by atoms with van der Waals surface area (Å²) in [6.07, 6.45) is 3.44. The first-order valence-corrected chi connectivity index (χ1v) is 9.12. The van der Waals surface area contributed by atoms with Gasteiger partial charge in [-0.1, -0.05) is 23.7 Å². The van der Waals surface area contributed by atoms with Crippen molar-refractivity contribution < 1.29 is 4.74 Å². The van der Waals surface area contributed by atoms with Crippen molar-refractivity contribution in [2.75, 3.05) is 26.8 Å². The number of rotatable bonds is 5. The quantitative estimate of drug-likeness (QED) is 0.615. The minimum atomic E-state index is -0.0223. The van der Waals surface area contributed by atoms with E-state index < -0.39 is 0 Å². The Kier molecular flexibility index (Phi) is 6.11. The van der Waals surface area contributed by atoms with Gasteiger partial charge in [0.25, 0.3) is 0 Å². The summed E-state index contributed by atoms with van der Waals surface area (Å²) in [5, 5.41) is 11.6. The van der Waals surface area contributed by atoms with Crippen molar-refractivity contribution in [2.24, 2.45) is 12.0 Å². The predicted molar refractivity (Wildman–Crippen MR) is 102 cm³/mol. The molecule has 0 spiro atoms. The van der Waals surface area contributed by atoms with Gasteiger partial charge in [0, 0.05) is 44.3 Å². The Morgan fingerprint density at radius 2 is 2.15 bits per heavy atom. The van der Waals surface area contributed by atoms with E-state index in [1.807, 2.05) is 19.2 Å². The highest BCUT2D eigenvalue weighted by Gasteiger charge is 2.34. The molecule has 140 valence electrons. The van der Waals surface area contributed by atoms with Crippen LogP contribution in [0.3, 0.4) is 0 Å². The van der Waals surface area contributed by atoms with Crippen LogP contribution in [0.1, 0.15) is 24.2 Å². The summed E-state index contributed by atoms with van der Waals surface area (Å²) in [5.74, 6) is 1.59. The fourth-order valence-electron chi connectivity index (χ4n) is 3.26. The van der Waals surface area contributed by atoms with Gasteiger partial charge in [0.05, 0.1) is 6.54 Å². The Labute approximate surface area is 158 Å². The lowest BCUT2D eigenvalue weighted by atomic mass is 9.74. The second-order valence-electron chi connectivity index (χ2n) is 6.48. The number of aromatic nitrogens is 3. The normalized spacial score (nSPS) is 17.1. The molecule has 1 aromatic carbocycles. The monoisotopic (exact) mass is 376 g/mol. The average Bonchev–Trinajstić information content (AvgIpc) is 3.07. The van der Waals surface area contributed by atoms with Crippen molar-refractivity contribution in [3.8, 4) is 0 Å². The van der Waals surface area contributed by atoms with Crippen LogP contribution < -0.4 is 10.6 Å². The molecular weight excluding hydrogens is 352 g/mol. The van der Waals surface area contributed by atoms with Crippen LogP contribution in [0.2, 0.25) is 5.02 Å². The van der Waals surface area contributed by atoms with E-state index in [1.54, 1.807) is 18.1 Å². The lowest BCUT2D eigenvalue weighted by Gasteiger charge is -2.38. The van der Waals surface area contributed by atoms with Crippen LogP contribution in [0.4, 0.5) is 0 Å². The molecule has 0 bridgehead atoms. The van der Waals surface area contributed by atoms with E-state index in [1.165, 1.54) is 5.56 Å². The lowest BCUT2D eigenvalue weighted by Crippen LogP contribution is -2.48. The third kappa shape index (κ3) is 4.34. The second kappa shape index (κ2) is 8.51. The molecule has 7 nitrogen and oxygen atoms in total. The second-order valence-corrected chi connectivity index (χ2v) is 6.92. The average molecular weight is 377 g/mol. The van der Waals surface area contributed by atoms with Gasteiger partial charge < -0.3 is 15.4 Å². The topological polar surface area (TPSA) is 76.4 Å². The molecule has 1 aromatic heterocycles. The SMILES string of the molecule is CN=C(NCc1ncnn1C)NCC1(c2cccc(Cl)c2)CCOCC1. The van der Waals surface area contributed by atoms with Gasteiger partial charge in [0.2, 0.25) is 0 Å². The van der Waals surface area contributed by atoms with Gasteiger partial charge in [-0.25, -0.2) is 4.98 Å². The van der Waals surface area contributed by atoms with Crippen LogP contribution in [-0.2, 0) is 23.7 Å². The number of aryl methyl sites for hydroxylation is 1. The molecule has 1 aliphatic heterocycles. The van der Waals surface area contributed by atoms with Crippen LogP contribution in [0, 0.1) is 0 Å². The van der Waals surface area contributed by atoms with Crippen molar-refractivity contribution in [1.82, 2.24) is 25.4 Å². The molecule has 3 rings (SSSR count). The Balaban J connectivity index is 1.68. The van der Waals surface area contributed by atoms with Crippen molar-refractivity contribution in [1.29, 1.82) is 0 Å². The smallest absolute Gasteiger partial charge is 0.191 e. The number of ether oxygens (including phenoxy) is 1. The summed E-state index contributed by atoms with van der Waals surface area (Å²) < 4.78 is 7.34. The van der Waals surface area contributed by atoms with Gasteiger partial charge >= 0.3 is 0 Å². The molecule has 0 unspecified atom stereocenters. The van der Waals surface area contributed by atoms with E-state index in [9.17, 15) is 0 Å². The van der Waals surface area contributed by atoms with Crippen molar-refractivity contribution in [3.05, 3.63) is 47.0 Å². The van der Waals surface area contributed by atoms with E-state index in [4.69, 9.17) is 16.3 Å². The zero-order chi connectivity index (χ0) is 18.4. The molecule has 0 aliphatic carbocycles. The van der Waals surface area contributed by atoms with Gasteiger partial charge in [0.15, 0.2) is 5.96 Å². The maximum Gasteiger partial charge on any atom is 0.191 e. The fraction of sp³-hybridized carbons (Fsp3) is 0.500. The number of nitrogens with zero attached hydrogens (tertiary/aromatic N) is 4. The standard InChI is InChI=1S/C18H25ClN6O/c1-20-17(21-11-16-23-13-24-25(16)2)22-12-18(6-8-26-9-7-18)14-4-3-5-15(19)10-14/h3-5,10,13H,6-9,11-12H2,1-2H3,(H2,20,21,22). The zero-order valence-electron chi connectivity index (χ0n) is 15.2. The van der Waals surface area contributed by atoms with Crippen LogP contribution in [0.15, 0.2) is 35.6 Å². The summed E-state index contributed by atoms with van der Waals surface area (Å²) in [7, 11) is 3.64. The highest BCUT2D eigenvalue weighted by Crippen LogP contribution is 2.35. The molecule has 8 heteroatoms. The van der Waals surface area contributed by atoms with E-state index in [0.717, 1.165) is 49.4 Å². The highest BCUT2D eigenvalue weighted by atomic mass is 35.5. The summed E-state index contributed by atoms with van der Waals surface area (Å²) in [6, 6.07) is 8.13. The highest BCUT2D eigenvalue weighted by molar-refractivity contribution is 6.30. The van der Waals surface area contributed by atoms with Gasteiger partial charge in [-0.2, -0.15) is 5.10 Å². The van der Waals surface area contributed by atoms with Crippen molar-refractivity contribution in [2.45, 2.75) is 24.8 Å².